The Morgan fingerprint density at radius 2 is 1.80 bits per heavy atom. The Morgan fingerprint density at radius 1 is 1.20 bits per heavy atom. The first-order valence-electron chi connectivity index (χ1n) is 8.21. The van der Waals surface area contributed by atoms with Crippen molar-refractivity contribution >= 4 is 34.2 Å². The van der Waals surface area contributed by atoms with Crippen molar-refractivity contribution in [1.82, 2.24) is 0 Å². The van der Waals surface area contributed by atoms with Gasteiger partial charge in [0.25, 0.3) is 0 Å². The zero-order valence-corrected chi connectivity index (χ0v) is 15.7. The number of hydrogen-bond acceptors (Lipinski definition) is 5. The van der Waals surface area contributed by atoms with Gasteiger partial charge in [-0.2, -0.15) is 0 Å². The molecule has 7 heteroatoms. The molecule has 0 unspecified atom stereocenters. The van der Waals surface area contributed by atoms with E-state index in [2.05, 4.69) is 5.32 Å². The number of nitrogens with one attached hydrogen (secondary N) is 1. The van der Waals surface area contributed by atoms with Crippen molar-refractivity contribution in [3.63, 3.8) is 0 Å². The van der Waals surface area contributed by atoms with E-state index < -0.39 is 23.8 Å². The zero-order chi connectivity index (χ0) is 18.7. The van der Waals surface area contributed by atoms with Gasteiger partial charge in [-0.3, -0.25) is 9.59 Å². The van der Waals surface area contributed by atoms with E-state index >= 15 is 0 Å². The smallest absolute Gasteiger partial charge is 0.341 e. The number of ether oxygens (including phenoxy) is 1. The highest BCUT2D eigenvalue weighted by atomic mass is 32.1. The molecule has 0 aliphatic heterocycles. The Hall–Kier alpha value is -2.15. The van der Waals surface area contributed by atoms with Crippen LogP contribution >= 0.6 is 11.3 Å². The number of amides is 1. The number of carbonyl (C=O) groups excluding carboxylic acids is 2. The molecule has 136 valence electrons. The Balaban J connectivity index is 2.24. The summed E-state index contributed by atoms with van der Waals surface area (Å²) in [5.74, 6) is -3.24. The van der Waals surface area contributed by atoms with Crippen LogP contribution in [-0.4, -0.2) is 29.6 Å². The van der Waals surface area contributed by atoms with Gasteiger partial charge in [-0.25, -0.2) is 4.79 Å². The molecular formula is C18H23NO5S. The largest absolute Gasteiger partial charge is 0.481 e. The minimum atomic E-state index is -0.972. The molecule has 0 aromatic carbocycles. The topological polar surface area (TPSA) is 92.7 Å². The van der Waals surface area contributed by atoms with Gasteiger partial charge < -0.3 is 15.2 Å². The standard InChI is InChI=1S/C18H23NO5S/c1-5-24-18(23)14-8-11(4)25-16(14)19-15(20)12-6-9(2)10(3)7-13(12)17(21)22/h8,12-13H,5-7H2,1-4H3,(H,19,20)(H,21,22)/t12-,13-/m1/s1. The van der Waals surface area contributed by atoms with E-state index in [1.54, 1.807) is 13.0 Å². The van der Waals surface area contributed by atoms with Crippen LogP contribution in [0.5, 0.6) is 0 Å². The van der Waals surface area contributed by atoms with Crippen LogP contribution < -0.4 is 5.32 Å². The maximum atomic E-state index is 12.7. The molecule has 1 aliphatic carbocycles. The molecule has 1 heterocycles. The summed E-state index contributed by atoms with van der Waals surface area (Å²) in [5.41, 5.74) is 2.38. The number of rotatable bonds is 5. The molecule has 6 nitrogen and oxygen atoms in total. The summed E-state index contributed by atoms with van der Waals surface area (Å²) in [5, 5.41) is 12.6. The lowest BCUT2D eigenvalue weighted by molar-refractivity contribution is -0.146. The maximum Gasteiger partial charge on any atom is 0.341 e. The molecule has 25 heavy (non-hydrogen) atoms. The van der Waals surface area contributed by atoms with Gasteiger partial charge in [0.05, 0.1) is 24.0 Å². The molecule has 0 spiro atoms. The van der Waals surface area contributed by atoms with Gasteiger partial charge in [0.2, 0.25) is 5.91 Å². The number of anilines is 1. The minimum absolute atomic E-state index is 0.244. The normalized spacial score (nSPS) is 20.3. The molecule has 0 saturated heterocycles. The second-order valence-electron chi connectivity index (χ2n) is 6.33. The number of esters is 1. The number of carbonyl (C=O) groups is 3. The van der Waals surface area contributed by atoms with Crippen LogP contribution in [0.25, 0.3) is 0 Å². The van der Waals surface area contributed by atoms with Crippen molar-refractivity contribution in [2.45, 2.75) is 40.5 Å². The molecule has 2 rings (SSSR count). The van der Waals surface area contributed by atoms with Crippen molar-refractivity contribution in [3.05, 3.63) is 27.7 Å². The van der Waals surface area contributed by atoms with Crippen molar-refractivity contribution < 1.29 is 24.2 Å². The summed E-state index contributed by atoms with van der Waals surface area (Å²) in [7, 11) is 0. The van der Waals surface area contributed by atoms with E-state index in [1.165, 1.54) is 11.3 Å². The molecule has 0 saturated carbocycles. The van der Waals surface area contributed by atoms with Gasteiger partial charge in [0, 0.05) is 4.88 Å². The van der Waals surface area contributed by atoms with E-state index in [1.807, 2.05) is 20.8 Å². The molecule has 2 atom stereocenters. The third-order valence-corrected chi connectivity index (χ3v) is 5.47. The fourth-order valence-corrected chi connectivity index (χ4v) is 3.90. The predicted molar refractivity (Wildman–Crippen MR) is 95.9 cm³/mol. The van der Waals surface area contributed by atoms with Crippen LogP contribution in [-0.2, 0) is 14.3 Å². The van der Waals surface area contributed by atoms with Gasteiger partial charge in [-0.05, 0) is 46.6 Å². The highest BCUT2D eigenvalue weighted by Crippen LogP contribution is 2.36. The molecule has 1 aromatic rings. The first kappa shape index (κ1) is 19.2. The number of aryl methyl sites for hydroxylation is 1. The van der Waals surface area contributed by atoms with E-state index in [0.717, 1.165) is 16.0 Å². The molecule has 2 N–H and O–H groups in total. The van der Waals surface area contributed by atoms with Gasteiger partial charge in [0.1, 0.15) is 5.00 Å². The third-order valence-electron chi connectivity index (χ3n) is 4.51. The van der Waals surface area contributed by atoms with E-state index in [-0.39, 0.29) is 12.5 Å². The summed E-state index contributed by atoms with van der Waals surface area (Å²) < 4.78 is 5.01. The van der Waals surface area contributed by atoms with E-state index in [9.17, 15) is 19.5 Å². The van der Waals surface area contributed by atoms with Crippen molar-refractivity contribution in [2.75, 3.05) is 11.9 Å². The van der Waals surface area contributed by atoms with Crippen molar-refractivity contribution in [1.29, 1.82) is 0 Å². The first-order chi connectivity index (χ1) is 11.7. The summed E-state index contributed by atoms with van der Waals surface area (Å²) in [6, 6.07) is 1.67. The Kier molecular flexibility index (Phi) is 6.00. The molecular weight excluding hydrogens is 342 g/mol. The molecule has 1 aromatic heterocycles. The van der Waals surface area contributed by atoms with Gasteiger partial charge in [-0.1, -0.05) is 11.1 Å². The maximum absolute atomic E-state index is 12.7. The fourth-order valence-electron chi connectivity index (χ4n) is 3.00. The fraction of sp³-hybridized carbons (Fsp3) is 0.500. The van der Waals surface area contributed by atoms with Gasteiger partial charge in [-0.15, -0.1) is 11.3 Å². The molecule has 1 aliphatic rings. The van der Waals surface area contributed by atoms with Gasteiger partial charge in [0.15, 0.2) is 0 Å². The average Bonchev–Trinajstić information content (AvgIpc) is 2.90. The number of carboxylic acid groups (broad SMARTS) is 1. The summed E-state index contributed by atoms with van der Waals surface area (Å²) >= 11 is 1.28. The molecule has 0 fully saturated rings. The van der Waals surface area contributed by atoms with Crippen molar-refractivity contribution in [2.24, 2.45) is 11.8 Å². The minimum Gasteiger partial charge on any atom is -0.481 e. The SMILES string of the molecule is CCOC(=O)c1cc(C)sc1NC(=O)[C@@H]1CC(C)=C(C)C[C@H]1C(=O)O. The third kappa shape index (κ3) is 4.28. The van der Waals surface area contributed by atoms with E-state index in [0.29, 0.717) is 23.4 Å². The van der Waals surface area contributed by atoms with Crippen LogP contribution in [0.2, 0.25) is 0 Å². The molecule has 0 bridgehead atoms. The highest BCUT2D eigenvalue weighted by Gasteiger charge is 2.37. The summed E-state index contributed by atoms with van der Waals surface area (Å²) in [6.45, 7) is 7.62. The lowest BCUT2D eigenvalue weighted by Gasteiger charge is -2.29. The number of carboxylic acids is 1. The Labute approximate surface area is 150 Å². The Morgan fingerprint density at radius 3 is 2.36 bits per heavy atom. The first-order valence-corrected chi connectivity index (χ1v) is 9.02. The highest BCUT2D eigenvalue weighted by molar-refractivity contribution is 7.16. The quantitative estimate of drug-likeness (QED) is 0.614. The summed E-state index contributed by atoms with van der Waals surface area (Å²) in [6.07, 6.45) is 0.779. The van der Waals surface area contributed by atoms with Crippen LogP contribution in [0.15, 0.2) is 17.2 Å². The van der Waals surface area contributed by atoms with E-state index in [4.69, 9.17) is 4.74 Å². The second-order valence-corrected chi connectivity index (χ2v) is 7.59. The molecule has 1 amide bonds. The van der Waals surface area contributed by atoms with Crippen molar-refractivity contribution in [3.8, 4) is 0 Å². The number of hydrogen-bond donors (Lipinski definition) is 2. The lowest BCUT2D eigenvalue weighted by atomic mass is 9.76. The Bertz CT molecular complexity index is 734. The van der Waals surface area contributed by atoms with Crippen LogP contribution in [0.1, 0.15) is 48.8 Å². The number of allylic oxidation sites excluding steroid dienone is 2. The van der Waals surface area contributed by atoms with Crippen LogP contribution in [0.3, 0.4) is 0 Å². The zero-order valence-electron chi connectivity index (χ0n) is 14.8. The predicted octanol–water partition coefficient (Wildman–Crippen LogP) is 3.62. The van der Waals surface area contributed by atoms with Gasteiger partial charge >= 0.3 is 11.9 Å². The number of thiophene rings is 1. The van der Waals surface area contributed by atoms with Crippen LogP contribution in [0.4, 0.5) is 5.00 Å². The average molecular weight is 365 g/mol. The number of aliphatic carboxylic acids is 1. The molecule has 0 radical (unpaired) electrons. The second kappa shape index (κ2) is 7.82. The summed E-state index contributed by atoms with van der Waals surface area (Å²) in [4.78, 5) is 37.2. The lowest BCUT2D eigenvalue weighted by Crippen LogP contribution is -2.36. The van der Waals surface area contributed by atoms with Crippen LogP contribution in [0, 0.1) is 18.8 Å². The monoisotopic (exact) mass is 365 g/mol.